The number of ether oxygens (including phenoxy) is 1. The minimum Gasteiger partial charge on any atom is -0.450 e. The fraction of sp³-hybridized carbons (Fsp3) is 0.458. The van der Waals surface area contributed by atoms with Crippen LogP contribution in [0, 0.1) is 0 Å². The van der Waals surface area contributed by atoms with Gasteiger partial charge in [-0.25, -0.2) is 9.78 Å². The largest absolute Gasteiger partial charge is 0.450 e. The Bertz CT molecular complexity index is 1150. The van der Waals surface area contributed by atoms with E-state index in [1.807, 2.05) is 13.8 Å². The molecular weight excluding hydrogens is 541 g/mol. The van der Waals surface area contributed by atoms with E-state index in [2.05, 4.69) is 10.3 Å². The number of carbonyl (C=O) groups excluding carboxylic acids is 4. The van der Waals surface area contributed by atoms with Crippen molar-refractivity contribution in [1.29, 1.82) is 0 Å². The highest BCUT2D eigenvalue weighted by molar-refractivity contribution is 7.13. The van der Waals surface area contributed by atoms with Crippen LogP contribution in [0.3, 0.4) is 0 Å². The molecule has 37 heavy (non-hydrogen) atoms. The van der Waals surface area contributed by atoms with E-state index in [9.17, 15) is 19.2 Å². The summed E-state index contributed by atoms with van der Waals surface area (Å²) in [4.78, 5) is 59.2. The average molecular weight is 570 g/mol. The maximum absolute atomic E-state index is 13.0. The van der Waals surface area contributed by atoms with Crippen LogP contribution in [-0.4, -0.2) is 88.9 Å². The quantitative estimate of drug-likeness (QED) is 0.517. The summed E-state index contributed by atoms with van der Waals surface area (Å²) >= 11 is 13.2. The maximum atomic E-state index is 13.0. The summed E-state index contributed by atoms with van der Waals surface area (Å²) in [7, 11) is 0. The van der Waals surface area contributed by atoms with Gasteiger partial charge in [0.15, 0.2) is 5.13 Å². The van der Waals surface area contributed by atoms with E-state index in [0.717, 1.165) is 0 Å². The van der Waals surface area contributed by atoms with Gasteiger partial charge in [0.25, 0.3) is 5.91 Å². The molecule has 2 heterocycles. The van der Waals surface area contributed by atoms with Crippen LogP contribution in [0.4, 0.5) is 9.93 Å². The fourth-order valence-electron chi connectivity index (χ4n) is 3.66. The molecule has 0 aliphatic carbocycles. The van der Waals surface area contributed by atoms with Crippen molar-refractivity contribution in [2.45, 2.75) is 33.2 Å². The van der Waals surface area contributed by atoms with Gasteiger partial charge in [-0.15, -0.1) is 11.3 Å². The first-order valence-electron chi connectivity index (χ1n) is 11.8. The Hall–Kier alpha value is -2.89. The van der Waals surface area contributed by atoms with Gasteiger partial charge in [0.1, 0.15) is 6.54 Å². The lowest BCUT2D eigenvalue weighted by atomic mass is 10.1. The molecule has 0 unspecified atom stereocenters. The summed E-state index contributed by atoms with van der Waals surface area (Å²) in [5.74, 6) is -0.869. The van der Waals surface area contributed by atoms with Crippen molar-refractivity contribution in [3.8, 4) is 0 Å². The Morgan fingerprint density at radius 2 is 1.78 bits per heavy atom. The van der Waals surface area contributed by atoms with E-state index in [1.165, 1.54) is 28.4 Å². The third-order valence-corrected chi connectivity index (χ3v) is 7.20. The topological polar surface area (TPSA) is 112 Å². The zero-order valence-corrected chi connectivity index (χ0v) is 23.2. The highest BCUT2D eigenvalue weighted by Crippen LogP contribution is 2.24. The van der Waals surface area contributed by atoms with Crippen LogP contribution in [0.15, 0.2) is 23.6 Å². The standard InChI is InChI=1S/C24H29Cl2N5O5S/c1-4-36-24(35)30-9-7-29(8-10-30)21(33)12-17-14-37-23(27-17)28-20(32)13-31(15(2)3)22(34)16-5-6-18(25)19(26)11-16/h5-6,11,14-15H,4,7-10,12-13H2,1-3H3,(H,27,28,32). The van der Waals surface area contributed by atoms with E-state index in [1.54, 1.807) is 28.2 Å². The van der Waals surface area contributed by atoms with Crippen molar-refractivity contribution < 1.29 is 23.9 Å². The predicted molar refractivity (Wildman–Crippen MR) is 142 cm³/mol. The second kappa shape index (κ2) is 13.1. The average Bonchev–Trinajstić information content (AvgIpc) is 3.30. The first-order chi connectivity index (χ1) is 17.6. The van der Waals surface area contributed by atoms with Gasteiger partial charge in [-0.1, -0.05) is 23.2 Å². The minimum atomic E-state index is -0.413. The summed E-state index contributed by atoms with van der Waals surface area (Å²) in [5.41, 5.74) is 0.861. The number of aromatic nitrogens is 1. The second-order valence-electron chi connectivity index (χ2n) is 8.59. The SMILES string of the molecule is CCOC(=O)N1CCN(C(=O)Cc2csc(NC(=O)CN(C(=O)c3ccc(Cl)c(Cl)c3)C(C)C)n2)CC1. The Balaban J connectivity index is 1.53. The third kappa shape index (κ3) is 7.80. The Labute approximate surface area is 229 Å². The van der Waals surface area contributed by atoms with Crippen LogP contribution in [-0.2, 0) is 20.7 Å². The van der Waals surface area contributed by atoms with Gasteiger partial charge in [-0.05, 0) is 39.0 Å². The van der Waals surface area contributed by atoms with Crippen molar-refractivity contribution in [1.82, 2.24) is 19.7 Å². The van der Waals surface area contributed by atoms with Gasteiger partial charge in [0.2, 0.25) is 11.8 Å². The number of hydrogen-bond acceptors (Lipinski definition) is 7. The lowest BCUT2D eigenvalue weighted by Gasteiger charge is -2.34. The first kappa shape index (κ1) is 28.7. The molecule has 0 saturated carbocycles. The summed E-state index contributed by atoms with van der Waals surface area (Å²) in [6.07, 6.45) is -0.288. The molecular formula is C24H29Cl2N5O5S. The molecule has 10 nitrogen and oxygen atoms in total. The summed E-state index contributed by atoms with van der Waals surface area (Å²) in [6, 6.07) is 4.32. The van der Waals surface area contributed by atoms with E-state index >= 15 is 0 Å². The van der Waals surface area contributed by atoms with Crippen LogP contribution in [0.1, 0.15) is 36.8 Å². The van der Waals surface area contributed by atoms with Gasteiger partial charge in [0, 0.05) is 43.2 Å². The number of hydrogen-bond donors (Lipinski definition) is 1. The van der Waals surface area contributed by atoms with Crippen molar-refractivity contribution in [3.05, 3.63) is 44.9 Å². The minimum absolute atomic E-state index is 0.0830. The van der Waals surface area contributed by atoms with Crippen LogP contribution < -0.4 is 5.32 Å². The molecule has 0 atom stereocenters. The van der Waals surface area contributed by atoms with Crippen LogP contribution in [0.25, 0.3) is 0 Å². The normalized spacial score (nSPS) is 13.5. The number of rotatable bonds is 8. The van der Waals surface area contributed by atoms with Gasteiger partial charge in [0.05, 0.1) is 28.8 Å². The molecule has 1 N–H and O–H groups in total. The number of nitrogens with one attached hydrogen (secondary N) is 1. The molecule has 1 fully saturated rings. The molecule has 13 heteroatoms. The molecule has 1 aliphatic heterocycles. The van der Waals surface area contributed by atoms with Gasteiger partial charge in [-0.2, -0.15) is 0 Å². The van der Waals surface area contributed by atoms with Crippen LogP contribution >= 0.6 is 34.5 Å². The monoisotopic (exact) mass is 569 g/mol. The van der Waals surface area contributed by atoms with Crippen molar-refractivity contribution in [2.24, 2.45) is 0 Å². The summed E-state index contributed by atoms with van der Waals surface area (Å²) < 4.78 is 5.00. The first-order valence-corrected chi connectivity index (χ1v) is 13.4. The number of thiazole rings is 1. The molecule has 1 aliphatic rings. The predicted octanol–water partition coefficient (Wildman–Crippen LogP) is 3.78. The number of amides is 4. The number of benzene rings is 1. The Morgan fingerprint density at radius 1 is 1.11 bits per heavy atom. The smallest absolute Gasteiger partial charge is 0.409 e. The number of halogens is 2. The Kier molecular flexibility index (Phi) is 10.1. The zero-order valence-electron chi connectivity index (χ0n) is 20.8. The number of anilines is 1. The fourth-order valence-corrected chi connectivity index (χ4v) is 4.69. The van der Waals surface area contributed by atoms with Gasteiger partial charge < -0.3 is 24.8 Å². The molecule has 0 radical (unpaired) electrons. The third-order valence-electron chi connectivity index (χ3n) is 5.65. The number of piperazine rings is 1. The van der Waals surface area contributed by atoms with Crippen LogP contribution in [0.2, 0.25) is 10.0 Å². The van der Waals surface area contributed by atoms with Crippen molar-refractivity contribution in [2.75, 3.05) is 44.6 Å². The highest BCUT2D eigenvalue weighted by Gasteiger charge is 2.26. The van der Waals surface area contributed by atoms with Crippen molar-refractivity contribution >= 4 is 63.5 Å². The number of carbonyl (C=O) groups is 4. The molecule has 1 aromatic heterocycles. The second-order valence-corrected chi connectivity index (χ2v) is 10.3. The lowest BCUT2D eigenvalue weighted by molar-refractivity contribution is -0.132. The Morgan fingerprint density at radius 3 is 2.41 bits per heavy atom. The molecule has 200 valence electrons. The molecule has 2 aromatic rings. The highest BCUT2D eigenvalue weighted by atomic mass is 35.5. The van der Waals surface area contributed by atoms with Gasteiger partial charge >= 0.3 is 6.09 Å². The lowest BCUT2D eigenvalue weighted by Crippen LogP contribution is -2.51. The van der Waals surface area contributed by atoms with E-state index < -0.39 is 5.91 Å². The summed E-state index contributed by atoms with van der Waals surface area (Å²) in [5, 5.41) is 5.35. The zero-order chi connectivity index (χ0) is 27.1. The summed E-state index contributed by atoms with van der Waals surface area (Å²) in [6.45, 7) is 7.16. The van der Waals surface area contributed by atoms with Gasteiger partial charge in [-0.3, -0.25) is 14.4 Å². The number of nitrogens with zero attached hydrogens (tertiary/aromatic N) is 4. The van der Waals surface area contributed by atoms with Crippen molar-refractivity contribution in [3.63, 3.8) is 0 Å². The van der Waals surface area contributed by atoms with E-state index in [0.29, 0.717) is 54.2 Å². The molecule has 0 bridgehead atoms. The molecule has 3 rings (SSSR count). The molecule has 4 amide bonds. The maximum Gasteiger partial charge on any atom is 0.409 e. The molecule has 1 saturated heterocycles. The molecule has 0 spiro atoms. The van der Waals surface area contributed by atoms with E-state index in [-0.39, 0.29) is 41.9 Å². The van der Waals surface area contributed by atoms with Crippen LogP contribution in [0.5, 0.6) is 0 Å². The molecule has 1 aromatic carbocycles. The van der Waals surface area contributed by atoms with E-state index in [4.69, 9.17) is 27.9 Å².